The molecule has 1 aliphatic heterocycles. The Morgan fingerprint density at radius 3 is 2.15 bits per heavy atom. The summed E-state index contributed by atoms with van der Waals surface area (Å²) in [6, 6.07) is 6.43. The largest absolute Gasteiger partial charge is 0.481 e. The Hall–Kier alpha value is -2.96. The van der Waals surface area contributed by atoms with Gasteiger partial charge in [-0.15, -0.1) is 0 Å². The molecule has 0 radical (unpaired) electrons. The van der Waals surface area contributed by atoms with E-state index in [4.69, 9.17) is 5.11 Å². The topological polar surface area (TPSA) is 104 Å². The Morgan fingerprint density at radius 1 is 1.04 bits per heavy atom. The minimum Gasteiger partial charge on any atom is -0.481 e. The first-order chi connectivity index (χ1) is 12.4. The summed E-state index contributed by atoms with van der Waals surface area (Å²) in [4.78, 5) is 49.1. The Bertz CT molecular complexity index is 799. The third-order valence-corrected chi connectivity index (χ3v) is 5.46. The zero-order valence-electron chi connectivity index (χ0n) is 13.9. The predicted octanol–water partition coefficient (Wildman–Crippen LogP) is 1.06. The molecule has 2 fully saturated rings. The van der Waals surface area contributed by atoms with Crippen molar-refractivity contribution in [2.75, 3.05) is 11.9 Å². The maximum absolute atomic E-state index is 12.6. The van der Waals surface area contributed by atoms with E-state index < -0.39 is 11.9 Å². The maximum atomic E-state index is 12.6. The van der Waals surface area contributed by atoms with E-state index in [2.05, 4.69) is 5.32 Å². The summed E-state index contributed by atoms with van der Waals surface area (Å²) in [5.41, 5.74) is 1.11. The number of nitrogens with one attached hydrogen (secondary N) is 1. The van der Waals surface area contributed by atoms with Crippen molar-refractivity contribution < 1.29 is 24.3 Å². The number of nitrogens with zero attached hydrogens (tertiary/aromatic N) is 1. The van der Waals surface area contributed by atoms with Gasteiger partial charge in [0.25, 0.3) is 0 Å². The molecule has 7 heteroatoms. The molecule has 2 bridgehead atoms. The molecular formula is C19H18N2O5. The number of amides is 3. The summed E-state index contributed by atoms with van der Waals surface area (Å²) in [5.74, 6) is -2.23. The van der Waals surface area contributed by atoms with Crippen molar-refractivity contribution in [1.29, 1.82) is 0 Å². The fraction of sp³-hybridized carbons (Fsp3) is 0.368. The van der Waals surface area contributed by atoms with Crippen molar-refractivity contribution in [2.45, 2.75) is 12.8 Å². The van der Waals surface area contributed by atoms with Gasteiger partial charge in [0.05, 0.1) is 18.3 Å². The molecule has 0 spiro atoms. The molecule has 1 aromatic carbocycles. The lowest BCUT2D eigenvalue weighted by Gasteiger charge is -2.16. The van der Waals surface area contributed by atoms with Crippen molar-refractivity contribution in [3.63, 3.8) is 0 Å². The van der Waals surface area contributed by atoms with Crippen molar-refractivity contribution >= 4 is 29.4 Å². The van der Waals surface area contributed by atoms with Gasteiger partial charge in [0.1, 0.15) is 6.54 Å². The SMILES string of the molecule is O=C(O)Cc1ccc(NC(=O)CN2C(=O)[C@H]3[C@H](C2=O)[C@H]2C=C[C@H]3C2)cc1. The van der Waals surface area contributed by atoms with E-state index in [-0.39, 0.29) is 48.5 Å². The van der Waals surface area contributed by atoms with Crippen LogP contribution in [0.2, 0.25) is 0 Å². The van der Waals surface area contributed by atoms with Gasteiger partial charge in [-0.3, -0.25) is 24.1 Å². The molecule has 1 aromatic rings. The highest BCUT2D eigenvalue weighted by atomic mass is 16.4. The quantitative estimate of drug-likeness (QED) is 0.608. The summed E-state index contributed by atoms with van der Waals surface area (Å²) in [6.45, 7) is -0.291. The van der Waals surface area contributed by atoms with E-state index in [1.54, 1.807) is 24.3 Å². The van der Waals surface area contributed by atoms with Gasteiger partial charge in [-0.1, -0.05) is 24.3 Å². The number of carboxylic acid groups (broad SMARTS) is 1. The highest BCUT2D eigenvalue weighted by molar-refractivity contribution is 6.09. The Labute approximate surface area is 149 Å². The molecule has 2 aliphatic carbocycles. The molecule has 2 N–H and O–H groups in total. The molecule has 1 heterocycles. The average Bonchev–Trinajstić information content (AvgIpc) is 3.26. The van der Waals surface area contributed by atoms with Crippen LogP contribution in [0.4, 0.5) is 5.69 Å². The molecular weight excluding hydrogens is 336 g/mol. The number of carbonyl (C=O) groups excluding carboxylic acids is 3. The molecule has 3 amide bonds. The minimum atomic E-state index is -0.929. The zero-order valence-corrected chi connectivity index (χ0v) is 13.9. The first-order valence-electron chi connectivity index (χ1n) is 8.58. The van der Waals surface area contributed by atoms with E-state index >= 15 is 0 Å². The molecule has 7 nitrogen and oxygen atoms in total. The van der Waals surface area contributed by atoms with Crippen LogP contribution in [-0.4, -0.2) is 40.2 Å². The lowest BCUT2D eigenvalue weighted by molar-refractivity contribution is -0.143. The van der Waals surface area contributed by atoms with Gasteiger partial charge >= 0.3 is 5.97 Å². The lowest BCUT2D eigenvalue weighted by Crippen LogP contribution is -2.39. The maximum Gasteiger partial charge on any atom is 0.307 e. The van der Waals surface area contributed by atoms with Crippen LogP contribution in [0.5, 0.6) is 0 Å². The number of imide groups is 1. The fourth-order valence-corrected chi connectivity index (χ4v) is 4.34. The van der Waals surface area contributed by atoms with Crippen LogP contribution >= 0.6 is 0 Å². The molecule has 4 atom stereocenters. The number of fused-ring (bicyclic) bond motifs is 5. The van der Waals surface area contributed by atoms with Crippen LogP contribution < -0.4 is 5.32 Å². The third kappa shape index (κ3) is 2.69. The molecule has 1 saturated carbocycles. The number of aliphatic carboxylic acids is 1. The van der Waals surface area contributed by atoms with Gasteiger partial charge in [-0.25, -0.2) is 0 Å². The first-order valence-corrected chi connectivity index (χ1v) is 8.58. The van der Waals surface area contributed by atoms with Crippen molar-refractivity contribution in [1.82, 2.24) is 4.90 Å². The predicted molar refractivity (Wildman–Crippen MR) is 90.8 cm³/mol. The monoisotopic (exact) mass is 354 g/mol. The number of allylic oxidation sites excluding steroid dienone is 2. The summed E-state index contributed by atoms with van der Waals surface area (Å²) >= 11 is 0. The minimum absolute atomic E-state index is 0.0931. The summed E-state index contributed by atoms with van der Waals surface area (Å²) in [5, 5.41) is 11.4. The number of hydrogen-bond donors (Lipinski definition) is 2. The number of benzene rings is 1. The molecule has 1 saturated heterocycles. The van der Waals surface area contributed by atoms with Gasteiger partial charge in [-0.05, 0) is 36.0 Å². The number of likely N-dealkylation sites (tertiary alicyclic amines) is 1. The van der Waals surface area contributed by atoms with Gasteiger partial charge in [0.15, 0.2) is 0 Å². The van der Waals surface area contributed by atoms with Crippen molar-refractivity contribution in [3.05, 3.63) is 42.0 Å². The highest BCUT2D eigenvalue weighted by Crippen LogP contribution is 2.52. The molecule has 4 rings (SSSR count). The molecule has 0 unspecified atom stereocenters. The summed E-state index contributed by atoms with van der Waals surface area (Å²) in [7, 11) is 0. The normalized spacial score (nSPS) is 28.5. The van der Waals surface area contributed by atoms with Gasteiger partial charge in [-0.2, -0.15) is 0 Å². The molecule has 0 aromatic heterocycles. The molecule has 26 heavy (non-hydrogen) atoms. The number of carboxylic acids is 1. The Morgan fingerprint density at radius 2 is 1.62 bits per heavy atom. The van der Waals surface area contributed by atoms with Crippen molar-refractivity contribution in [2.24, 2.45) is 23.7 Å². The summed E-state index contributed by atoms with van der Waals surface area (Å²) < 4.78 is 0. The smallest absolute Gasteiger partial charge is 0.307 e. The first kappa shape index (κ1) is 16.5. The van der Waals surface area contributed by atoms with Gasteiger partial charge in [0.2, 0.25) is 17.7 Å². The number of hydrogen-bond acceptors (Lipinski definition) is 4. The zero-order chi connectivity index (χ0) is 18.4. The van der Waals surface area contributed by atoms with Crippen LogP contribution in [0.3, 0.4) is 0 Å². The second kappa shape index (κ2) is 6.09. The molecule has 134 valence electrons. The van der Waals surface area contributed by atoms with Crippen LogP contribution in [0, 0.1) is 23.7 Å². The second-order valence-electron chi connectivity index (χ2n) is 7.08. The van der Waals surface area contributed by atoms with E-state index in [9.17, 15) is 19.2 Å². The van der Waals surface area contributed by atoms with E-state index in [0.29, 0.717) is 11.3 Å². The summed E-state index contributed by atoms with van der Waals surface area (Å²) in [6.07, 6.45) is 4.79. The standard InChI is InChI=1S/C19H18N2O5/c22-14(20-13-5-1-10(2-6-13)7-15(23)24)9-21-18(25)16-11-3-4-12(8-11)17(16)19(21)26/h1-6,11-12,16-17H,7-9H2,(H,20,22)(H,23,24)/t11-,12-,16+,17+/m0/s1. The number of rotatable bonds is 5. The second-order valence-corrected chi connectivity index (χ2v) is 7.08. The third-order valence-electron chi connectivity index (χ3n) is 5.46. The van der Waals surface area contributed by atoms with Crippen molar-refractivity contribution in [3.8, 4) is 0 Å². The highest BCUT2D eigenvalue weighted by Gasteiger charge is 2.59. The van der Waals surface area contributed by atoms with Crippen LogP contribution in [0.15, 0.2) is 36.4 Å². The Balaban J connectivity index is 1.39. The van der Waals surface area contributed by atoms with E-state index in [0.717, 1.165) is 11.3 Å². The number of anilines is 1. The van der Waals surface area contributed by atoms with E-state index in [1.165, 1.54) is 0 Å². The van der Waals surface area contributed by atoms with Crippen LogP contribution in [-0.2, 0) is 25.6 Å². The fourth-order valence-electron chi connectivity index (χ4n) is 4.34. The van der Waals surface area contributed by atoms with Gasteiger partial charge in [0, 0.05) is 5.69 Å². The van der Waals surface area contributed by atoms with Gasteiger partial charge < -0.3 is 10.4 Å². The average molecular weight is 354 g/mol. The van der Waals surface area contributed by atoms with Crippen LogP contribution in [0.1, 0.15) is 12.0 Å². The van der Waals surface area contributed by atoms with Crippen LogP contribution in [0.25, 0.3) is 0 Å². The van der Waals surface area contributed by atoms with E-state index in [1.807, 2.05) is 12.2 Å². The Kier molecular flexibility index (Phi) is 3.86. The molecule has 3 aliphatic rings. The lowest BCUT2D eigenvalue weighted by atomic mass is 9.85. The number of carbonyl (C=O) groups is 4.